The van der Waals surface area contributed by atoms with Gasteiger partial charge in [0, 0.05) is 30.1 Å². The third kappa shape index (κ3) is 4.11. The van der Waals surface area contributed by atoms with Crippen LogP contribution < -0.4 is 0 Å². The fraction of sp³-hybridized carbons (Fsp3) is 0.500. The van der Waals surface area contributed by atoms with Crippen LogP contribution >= 0.6 is 0 Å². The van der Waals surface area contributed by atoms with Crippen molar-refractivity contribution in [3.05, 3.63) is 46.7 Å². The molecule has 1 aromatic rings. The van der Waals surface area contributed by atoms with Crippen molar-refractivity contribution >= 4 is 11.9 Å². The summed E-state index contributed by atoms with van der Waals surface area (Å²) in [6.07, 6.45) is -0.0653. The van der Waals surface area contributed by atoms with Crippen molar-refractivity contribution in [3.63, 3.8) is 0 Å². The second-order valence-corrected chi connectivity index (χ2v) is 7.27. The third-order valence-corrected chi connectivity index (χ3v) is 4.37. The Bertz CT molecular complexity index is 741. The van der Waals surface area contributed by atoms with E-state index in [-0.39, 0.29) is 42.0 Å². The Hall–Kier alpha value is -2.24. The minimum Gasteiger partial charge on any atom is -0.462 e. The molecule has 1 atom stereocenters. The number of carbonyl (C=O) groups is 2. The average Bonchev–Trinajstić information content (AvgIpc) is 2.51. The number of rotatable bonds is 5. The van der Waals surface area contributed by atoms with Gasteiger partial charge in [0.1, 0.15) is 11.6 Å². The van der Waals surface area contributed by atoms with Crippen LogP contribution in [-0.4, -0.2) is 29.4 Å². The van der Waals surface area contributed by atoms with Gasteiger partial charge < -0.3 is 9.64 Å². The number of esters is 1. The number of halogens is 2. The van der Waals surface area contributed by atoms with E-state index in [1.807, 2.05) is 27.7 Å². The molecule has 0 bridgehead atoms. The van der Waals surface area contributed by atoms with E-state index < -0.39 is 23.5 Å². The van der Waals surface area contributed by atoms with Crippen molar-refractivity contribution in [1.82, 2.24) is 4.90 Å². The van der Waals surface area contributed by atoms with Crippen LogP contribution in [0.5, 0.6) is 0 Å². The second-order valence-electron chi connectivity index (χ2n) is 7.27. The lowest BCUT2D eigenvalue weighted by atomic mass is 9.83. The van der Waals surface area contributed by atoms with Crippen LogP contribution in [0.2, 0.25) is 0 Å². The number of amides is 1. The summed E-state index contributed by atoms with van der Waals surface area (Å²) < 4.78 is 33.0. The minimum absolute atomic E-state index is 0.0653. The molecular formula is C20H25F2NO3. The molecule has 0 radical (unpaired) electrons. The highest BCUT2D eigenvalue weighted by Crippen LogP contribution is 2.39. The van der Waals surface area contributed by atoms with Gasteiger partial charge in [0.05, 0.1) is 12.2 Å². The van der Waals surface area contributed by atoms with Gasteiger partial charge in [-0.3, -0.25) is 4.79 Å². The lowest BCUT2D eigenvalue weighted by Gasteiger charge is -2.37. The largest absolute Gasteiger partial charge is 0.462 e. The summed E-state index contributed by atoms with van der Waals surface area (Å²) in [5.74, 6) is -2.90. The highest BCUT2D eigenvalue weighted by atomic mass is 19.1. The third-order valence-electron chi connectivity index (χ3n) is 4.37. The standard InChI is InChI=1S/C20H25F2NO3/c1-11(2)10-26-20(25)19-13(5)23(12(3)4)18(24)9-16(19)15-7-6-14(21)8-17(15)22/h6-8,11-12,16H,9-10H2,1-5H3. The molecule has 1 unspecified atom stereocenters. The zero-order valence-corrected chi connectivity index (χ0v) is 15.8. The number of benzene rings is 1. The molecule has 0 aromatic heterocycles. The van der Waals surface area contributed by atoms with Crippen LogP contribution in [0.25, 0.3) is 0 Å². The van der Waals surface area contributed by atoms with Gasteiger partial charge in [0.15, 0.2) is 0 Å². The second kappa shape index (κ2) is 7.98. The Labute approximate surface area is 152 Å². The van der Waals surface area contributed by atoms with E-state index >= 15 is 0 Å². The van der Waals surface area contributed by atoms with Crippen molar-refractivity contribution in [3.8, 4) is 0 Å². The van der Waals surface area contributed by atoms with Crippen LogP contribution in [0.4, 0.5) is 8.78 Å². The molecule has 142 valence electrons. The molecule has 0 spiro atoms. The molecule has 26 heavy (non-hydrogen) atoms. The van der Waals surface area contributed by atoms with E-state index in [4.69, 9.17) is 4.74 Å². The van der Waals surface area contributed by atoms with Crippen molar-refractivity contribution in [1.29, 1.82) is 0 Å². The van der Waals surface area contributed by atoms with E-state index in [1.165, 1.54) is 11.0 Å². The van der Waals surface area contributed by atoms with Crippen molar-refractivity contribution in [2.24, 2.45) is 5.92 Å². The van der Waals surface area contributed by atoms with Crippen LogP contribution in [0.1, 0.15) is 52.5 Å². The normalized spacial score (nSPS) is 18.1. The molecule has 0 saturated carbocycles. The SMILES string of the molecule is CC1=C(C(=O)OCC(C)C)C(c2ccc(F)cc2F)CC(=O)N1C(C)C. The molecule has 4 nitrogen and oxygen atoms in total. The summed E-state index contributed by atoms with van der Waals surface area (Å²) in [5, 5.41) is 0. The number of hydrogen-bond acceptors (Lipinski definition) is 3. The summed E-state index contributed by atoms with van der Waals surface area (Å²) in [6.45, 7) is 9.41. The first-order valence-corrected chi connectivity index (χ1v) is 8.78. The van der Waals surface area contributed by atoms with Gasteiger partial charge in [-0.25, -0.2) is 13.6 Å². The summed E-state index contributed by atoms with van der Waals surface area (Å²) in [7, 11) is 0. The molecule has 1 aromatic carbocycles. The maximum absolute atomic E-state index is 14.4. The smallest absolute Gasteiger partial charge is 0.336 e. The molecular weight excluding hydrogens is 340 g/mol. The van der Waals surface area contributed by atoms with Gasteiger partial charge >= 0.3 is 5.97 Å². The maximum Gasteiger partial charge on any atom is 0.336 e. The molecule has 1 aliphatic rings. The Balaban J connectivity index is 2.54. The molecule has 1 aliphatic heterocycles. The lowest BCUT2D eigenvalue weighted by Crippen LogP contribution is -2.42. The van der Waals surface area contributed by atoms with Gasteiger partial charge in [-0.1, -0.05) is 19.9 Å². The van der Waals surface area contributed by atoms with Crippen molar-refractivity contribution < 1.29 is 23.1 Å². The predicted octanol–water partition coefficient (Wildman–Crippen LogP) is 4.16. The Morgan fingerprint density at radius 2 is 1.92 bits per heavy atom. The first-order chi connectivity index (χ1) is 12.1. The van der Waals surface area contributed by atoms with E-state index in [2.05, 4.69) is 0 Å². The highest BCUT2D eigenvalue weighted by molar-refractivity contribution is 5.96. The van der Waals surface area contributed by atoms with Gasteiger partial charge in [-0.2, -0.15) is 0 Å². The summed E-state index contributed by atoms with van der Waals surface area (Å²) in [4.78, 5) is 26.9. The Kier molecular flexibility index (Phi) is 6.16. The zero-order chi connectivity index (χ0) is 19.6. The van der Waals surface area contributed by atoms with Crippen LogP contribution in [-0.2, 0) is 14.3 Å². The summed E-state index contributed by atoms with van der Waals surface area (Å²) in [5.41, 5.74) is 0.835. The van der Waals surface area contributed by atoms with Gasteiger partial charge in [-0.05, 0) is 38.3 Å². The lowest BCUT2D eigenvalue weighted by molar-refractivity contribution is -0.141. The molecule has 1 heterocycles. The monoisotopic (exact) mass is 365 g/mol. The van der Waals surface area contributed by atoms with E-state index in [0.29, 0.717) is 5.70 Å². The first kappa shape index (κ1) is 20.1. The fourth-order valence-corrected chi connectivity index (χ4v) is 3.28. The quantitative estimate of drug-likeness (QED) is 0.736. The highest BCUT2D eigenvalue weighted by Gasteiger charge is 2.38. The number of allylic oxidation sites excluding steroid dienone is 1. The number of ether oxygens (including phenoxy) is 1. The van der Waals surface area contributed by atoms with E-state index in [9.17, 15) is 18.4 Å². The van der Waals surface area contributed by atoms with Crippen LogP contribution in [0.15, 0.2) is 29.5 Å². The fourth-order valence-electron chi connectivity index (χ4n) is 3.28. The first-order valence-electron chi connectivity index (χ1n) is 8.78. The van der Waals surface area contributed by atoms with E-state index in [1.54, 1.807) is 6.92 Å². The van der Waals surface area contributed by atoms with Crippen LogP contribution in [0.3, 0.4) is 0 Å². The molecule has 0 saturated heterocycles. The number of carbonyl (C=O) groups excluding carboxylic acids is 2. The molecule has 0 aliphatic carbocycles. The number of nitrogens with zero attached hydrogens (tertiary/aromatic N) is 1. The zero-order valence-electron chi connectivity index (χ0n) is 15.8. The summed E-state index contributed by atoms with van der Waals surface area (Å²) >= 11 is 0. The molecule has 1 amide bonds. The van der Waals surface area contributed by atoms with Gasteiger partial charge in [0.25, 0.3) is 0 Å². The molecule has 0 fully saturated rings. The minimum atomic E-state index is -0.794. The Morgan fingerprint density at radius 1 is 1.27 bits per heavy atom. The molecule has 6 heteroatoms. The topological polar surface area (TPSA) is 46.6 Å². The number of hydrogen-bond donors (Lipinski definition) is 0. The molecule has 0 N–H and O–H groups in total. The van der Waals surface area contributed by atoms with Gasteiger partial charge in [0.2, 0.25) is 5.91 Å². The van der Waals surface area contributed by atoms with E-state index in [0.717, 1.165) is 12.1 Å². The predicted molar refractivity (Wildman–Crippen MR) is 94.2 cm³/mol. The molecule has 2 rings (SSSR count). The Morgan fingerprint density at radius 3 is 2.46 bits per heavy atom. The summed E-state index contributed by atoms with van der Waals surface area (Å²) in [6, 6.07) is 3.04. The van der Waals surface area contributed by atoms with Crippen molar-refractivity contribution in [2.75, 3.05) is 6.61 Å². The van der Waals surface area contributed by atoms with Crippen LogP contribution in [0, 0.1) is 17.6 Å². The van der Waals surface area contributed by atoms with Crippen molar-refractivity contribution in [2.45, 2.75) is 53.0 Å². The average molecular weight is 365 g/mol. The maximum atomic E-state index is 14.4. The van der Waals surface area contributed by atoms with Gasteiger partial charge in [-0.15, -0.1) is 0 Å².